The van der Waals surface area contributed by atoms with Crippen molar-refractivity contribution in [2.75, 3.05) is 0 Å². The first-order valence-corrected chi connectivity index (χ1v) is 8.17. The van der Waals surface area contributed by atoms with Crippen LogP contribution in [0.4, 0.5) is 0 Å². The maximum atomic E-state index is 4.52. The largest absolute Gasteiger partial charge is 0.255 e. The first kappa shape index (κ1) is 15.5. The highest BCUT2D eigenvalue weighted by Crippen LogP contribution is 2.20. The molecule has 0 fully saturated rings. The Hall–Kier alpha value is -2.35. The summed E-state index contributed by atoms with van der Waals surface area (Å²) in [4.78, 5) is 14.7. The molecule has 118 valence electrons. The standard InChI is InChI=1S/C15H17N7S/c1-15(2,3)22-20-13(19-21-22)10-23-14-17-9-7-12(18-14)11-6-4-5-8-16-11/h4-9H,10H2,1-3H3. The van der Waals surface area contributed by atoms with Crippen LogP contribution in [0.5, 0.6) is 0 Å². The first-order valence-electron chi connectivity index (χ1n) is 7.19. The van der Waals surface area contributed by atoms with Gasteiger partial charge in [-0.3, -0.25) is 4.98 Å². The van der Waals surface area contributed by atoms with Crippen molar-refractivity contribution in [2.45, 2.75) is 37.2 Å². The Bertz CT molecular complexity index is 780. The van der Waals surface area contributed by atoms with Crippen LogP contribution in [-0.4, -0.2) is 35.2 Å². The molecule has 0 saturated heterocycles. The van der Waals surface area contributed by atoms with Crippen molar-refractivity contribution >= 4 is 11.8 Å². The highest BCUT2D eigenvalue weighted by Gasteiger charge is 2.17. The molecule has 0 N–H and O–H groups in total. The molecule has 23 heavy (non-hydrogen) atoms. The molecule has 0 spiro atoms. The van der Waals surface area contributed by atoms with Gasteiger partial charge in [-0.1, -0.05) is 17.8 Å². The van der Waals surface area contributed by atoms with E-state index in [0.29, 0.717) is 16.7 Å². The predicted octanol–water partition coefficient (Wildman–Crippen LogP) is 2.57. The molecule has 0 aliphatic heterocycles. The number of tetrazole rings is 1. The van der Waals surface area contributed by atoms with E-state index in [-0.39, 0.29) is 5.54 Å². The smallest absolute Gasteiger partial charge is 0.188 e. The van der Waals surface area contributed by atoms with E-state index in [0.717, 1.165) is 11.4 Å². The van der Waals surface area contributed by atoms with E-state index in [1.165, 1.54) is 11.8 Å². The lowest BCUT2D eigenvalue weighted by Crippen LogP contribution is -2.24. The van der Waals surface area contributed by atoms with Gasteiger partial charge in [0.05, 0.1) is 22.7 Å². The van der Waals surface area contributed by atoms with E-state index in [1.54, 1.807) is 17.2 Å². The highest BCUT2D eigenvalue weighted by atomic mass is 32.2. The van der Waals surface area contributed by atoms with Gasteiger partial charge in [0.25, 0.3) is 0 Å². The minimum Gasteiger partial charge on any atom is -0.255 e. The second-order valence-electron chi connectivity index (χ2n) is 5.89. The fraction of sp³-hybridized carbons (Fsp3) is 0.333. The second-order valence-corrected chi connectivity index (χ2v) is 6.84. The summed E-state index contributed by atoms with van der Waals surface area (Å²) < 4.78 is 0. The van der Waals surface area contributed by atoms with Gasteiger partial charge in [-0.25, -0.2) is 9.97 Å². The van der Waals surface area contributed by atoms with Gasteiger partial charge in [0.2, 0.25) is 0 Å². The third-order valence-corrected chi connectivity index (χ3v) is 3.80. The van der Waals surface area contributed by atoms with Crippen LogP contribution >= 0.6 is 11.8 Å². The number of hydrogen-bond acceptors (Lipinski definition) is 7. The van der Waals surface area contributed by atoms with Crippen molar-refractivity contribution < 1.29 is 0 Å². The number of nitrogens with zero attached hydrogens (tertiary/aromatic N) is 7. The molecule has 0 aliphatic rings. The Morgan fingerprint density at radius 3 is 2.61 bits per heavy atom. The first-order chi connectivity index (χ1) is 11.0. The van der Waals surface area contributed by atoms with Gasteiger partial charge in [0.15, 0.2) is 11.0 Å². The number of pyridine rings is 1. The lowest BCUT2D eigenvalue weighted by molar-refractivity contribution is 0.305. The number of aromatic nitrogens is 7. The van der Waals surface area contributed by atoms with E-state index < -0.39 is 0 Å². The third-order valence-electron chi connectivity index (χ3n) is 2.95. The zero-order valence-corrected chi connectivity index (χ0v) is 14.0. The molecule has 0 saturated carbocycles. The summed E-state index contributed by atoms with van der Waals surface area (Å²) in [6, 6.07) is 7.59. The van der Waals surface area contributed by atoms with Gasteiger partial charge >= 0.3 is 0 Å². The molecule has 0 aromatic carbocycles. The summed E-state index contributed by atoms with van der Waals surface area (Å²) in [5.74, 6) is 1.23. The van der Waals surface area contributed by atoms with Crippen LogP contribution in [0.15, 0.2) is 41.8 Å². The SMILES string of the molecule is CC(C)(C)n1nnc(CSc2nccc(-c3ccccn3)n2)n1. The summed E-state index contributed by atoms with van der Waals surface area (Å²) in [6.07, 6.45) is 3.48. The van der Waals surface area contributed by atoms with Crippen molar-refractivity contribution in [3.8, 4) is 11.4 Å². The highest BCUT2D eigenvalue weighted by molar-refractivity contribution is 7.98. The van der Waals surface area contributed by atoms with Gasteiger partial charge < -0.3 is 0 Å². The lowest BCUT2D eigenvalue weighted by Gasteiger charge is -2.15. The zero-order chi connectivity index (χ0) is 16.3. The van der Waals surface area contributed by atoms with Gasteiger partial charge in [-0.2, -0.15) is 4.80 Å². The summed E-state index contributed by atoms with van der Waals surface area (Å²) >= 11 is 1.48. The third kappa shape index (κ3) is 3.89. The molecule has 3 heterocycles. The van der Waals surface area contributed by atoms with Crippen LogP contribution < -0.4 is 0 Å². The minimum atomic E-state index is -0.175. The van der Waals surface area contributed by atoms with E-state index in [2.05, 4.69) is 30.4 Å². The molecule has 3 aromatic rings. The lowest BCUT2D eigenvalue weighted by atomic mass is 10.1. The molecule has 0 unspecified atom stereocenters. The van der Waals surface area contributed by atoms with Crippen LogP contribution in [0.25, 0.3) is 11.4 Å². The normalized spacial score (nSPS) is 11.6. The van der Waals surface area contributed by atoms with Gasteiger partial charge in [-0.15, -0.1) is 10.2 Å². The number of rotatable bonds is 4. The van der Waals surface area contributed by atoms with E-state index >= 15 is 0 Å². The molecule has 0 aliphatic carbocycles. The quantitative estimate of drug-likeness (QED) is 0.538. The fourth-order valence-corrected chi connectivity index (χ4v) is 2.45. The van der Waals surface area contributed by atoms with E-state index in [9.17, 15) is 0 Å². The van der Waals surface area contributed by atoms with Crippen LogP contribution in [-0.2, 0) is 11.3 Å². The summed E-state index contributed by atoms with van der Waals surface area (Å²) in [5, 5.41) is 13.2. The summed E-state index contributed by atoms with van der Waals surface area (Å²) in [7, 11) is 0. The van der Waals surface area contributed by atoms with Crippen LogP contribution in [0, 0.1) is 0 Å². The van der Waals surface area contributed by atoms with Gasteiger partial charge in [0, 0.05) is 12.4 Å². The Kier molecular flexibility index (Phi) is 4.33. The van der Waals surface area contributed by atoms with E-state index in [4.69, 9.17) is 0 Å². The minimum absolute atomic E-state index is 0.175. The van der Waals surface area contributed by atoms with Crippen molar-refractivity contribution in [1.82, 2.24) is 35.2 Å². The number of hydrogen-bond donors (Lipinski definition) is 0. The molecule has 3 rings (SSSR count). The van der Waals surface area contributed by atoms with Crippen LogP contribution in [0.2, 0.25) is 0 Å². The molecular formula is C15H17N7S. The average molecular weight is 327 g/mol. The average Bonchev–Trinajstić information content (AvgIpc) is 3.03. The van der Waals surface area contributed by atoms with Crippen LogP contribution in [0.3, 0.4) is 0 Å². The second kappa shape index (κ2) is 6.41. The molecular weight excluding hydrogens is 310 g/mol. The van der Waals surface area contributed by atoms with Crippen LogP contribution in [0.1, 0.15) is 26.6 Å². The molecule has 3 aromatic heterocycles. The Labute approximate surface area is 138 Å². The monoisotopic (exact) mass is 327 g/mol. The summed E-state index contributed by atoms with van der Waals surface area (Å²) in [5.41, 5.74) is 1.45. The zero-order valence-electron chi connectivity index (χ0n) is 13.2. The van der Waals surface area contributed by atoms with Crippen molar-refractivity contribution in [2.24, 2.45) is 0 Å². The van der Waals surface area contributed by atoms with Crippen molar-refractivity contribution in [3.63, 3.8) is 0 Å². The Balaban J connectivity index is 1.70. The molecule has 0 amide bonds. The van der Waals surface area contributed by atoms with Crippen molar-refractivity contribution in [1.29, 1.82) is 0 Å². The van der Waals surface area contributed by atoms with Crippen molar-refractivity contribution in [3.05, 3.63) is 42.5 Å². The maximum absolute atomic E-state index is 4.52. The Morgan fingerprint density at radius 2 is 1.91 bits per heavy atom. The Morgan fingerprint density at radius 1 is 1.04 bits per heavy atom. The van der Waals surface area contributed by atoms with Gasteiger partial charge in [-0.05, 0) is 44.2 Å². The fourth-order valence-electron chi connectivity index (χ4n) is 1.78. The van der Waals surface area contributed by atoms with Gasteiger partial charge in [0.1, 0.15) is 0 Å². The predicted molar refractivity (Wildman–Crippen MR) is 87.6 cm³/mol. The molecule has 0 bridgehead atoms. The molecule has 7 nitrogen and oxygen atoms in total. The number of thioether (sulfide) groups is 1. The topological polar surface area (TPSA) is 82.3 Å². The van der Waals surface area contributed by atoms with E-state index in [1.807, 2.05) is 45.0 Å². The maximum Gasteiger partial charge on any atom is 0.188 e. The molecule has 8 heteroatoms. The molecule has 0 radical (unpaired) electrons. The molecule has 0 atom stereocenters. The summed E-state index contributed by atoms with van der Waals surface area (Å²) in [6.45, 7) is 6.10.